The van der Waals surface area contributed by atoms with Crippen molar-refractivity contribution >= 4 is 15.9 Å². The highest BCUT2D eigenvalue weighted by Crippen LogP contribution is 2.43. The summed E-state index contributed by atoms with van der Waals surface area (Å²) in [5, 5.41) is 9.99. The van der Waals surface area contributed by atoms with Gasteiger partial charge < -0.3 is 9.84 Å². The van der Waals surface area contributed by atoms with E-state index < -0.39 is 0 Å². The van der Waals surface area contributed by atoms with Crippen LogP contribution in [0.1, 0.15) is 35.6 Å². The van der Waals surface area contributed by atoms with E-state index in [1.165, 1.54) is 11.1 Å². The van der Waals surface area contributed by atoms with Crippen LogP contribution < -0.4 is 4.74 Å². The second-order valence-corrected chi connectivity index (χ2v) is 5.10. The largest absolute Gasteiger partial charge is 0.493 e. The van der Waals surface area contributed by atoms with E-state index in [4.69, 9.17) is 4.74 Å². The lowest BCUT2D eigenvalue weighted by Crippen LogP contribution is -2.11. The van der Waals surface area contributed by atoms with Gasteiger partial charge in [-0.2, -0.15) is 0 Å². The number of benzene rings is 1. The fourth-order valence-electron chi connectivity index (χ4n) is 2.61. The maximum Gasteiger partial charge on any atom is 0.126 e. The van der Waals surface area contributed by atoms with E-state index in [2.05, 4.69) is 22.0 Å². The smallest absolute Gasteiger partial charge is 0.126 e. The molecule has 3 heteroatoms. The fraction of sp³-hybridized carbons (Fsp3) is 0.500. The molecule has 0 fully saturated rings. The third-order valence-electron chi connectivity index (χ3n) is 3.30. The van der Waals surface area contributed by atoms with Crippen molar-refractivity contribution in [3.05, 3.63) is 27.2 Å². The summed E-state index contributed by atoms with van der Waals surface area (Å²) in [6.07, 6.45) is 3.63. The minimum Gasteiger partial charge on any atom is -0.493 e. The summed E-state index contributed by atoms with van der Waals surface area (Å²) < 4.78 is 6.72. The highest BCUT2D eigenvalue weighted by molar-refractivity contribution is 9.10. The summed E-state index contributed by atoms with van der Waals surface area (Å²) in [5.41, 5.74) is 3.58. The highest BCUT2D eigenvalue weighted by atomic mass is 79.9. The Bertz CT molecular complexity index is 415. The molecular weight excluding hydrogens is 256 g/mol. The molecule has 2 aliphatic rings. The first-order valence-electron chi connectivity index (χ1n) is 5.42. The maximum absolute atomic E-state index is 9.99. The summed E-state index contributed by atoms with van der Waals surface area (Å²) in [5.74, 6) is 1.05. The molecule has 0 saturated carbocycles. The molecule has 1 aliphatic heterocycles. The summed E-state index contributed by atoms with van der Waals surface area (Å²) in [7, 11) is 0. The van der Waals surface area contributed by atoms with Crippen molar-refractivity contribution in [2.45, 2.75) is 31.8 Å². The first-order valence-corrected chi connectivity index (χ1v) is 6.21. The standard InChI is InChI=1S/C12H13BrO2/c13-9-6-7-4-5-15-12(7)8-2-1-3-10(14)11(8)9/h6,10,14H,1-5H2/t10-/m0/s1. The van der Waals surface area contributed by atoms with Gasteiger partial charge in [-0.3, -0.25) is 0 Å². The normalized spacial score (nSPS) is 23.2. The van der Waals surface area contributed by atoms with Gasteiger partial charge in [-0.1, -0.05) is 15.9 Å². The first kappa shape index (κ1) is 9.67. The van der Waals surface area contributed by atoms with Crippen LogP contribution in [0.2, 0.25) is 0 Å². The average molecular weight is 269 g/mol. The van der Waals surface area contributed by atoms with Crippen LogP contribution in [0.25, 0.3) is 0 Å². The minimum absolute atomic E-state index is 0.322. The van der Waals surface area contributed by atoms with E-state index >= 15 is 0 Å². The Morgan fingerprint density at radius 1 is 1.40 bits per heavy atom. The summed E-state index contributed by atoms with van der Waals surface area (Å²) in [6.45, 7) is 0.786. The number of hydrogen-bond acceptors (Lipinski definition) is 2. The quantitative estimate of drug-likeness (QED) is 0.784. The number of aliphatic hydroxyl groups is 1. The Morgan fingerprint density at radius 3 is 3.13 bits per heavy atom. The van der Waals surface area contributed by atoms with Crippen molar-refractivity contribution < 1.29 is 9.84 Å². The van der Waals surface area contributed by atoms with Crippen molar-refractivity contribution in [1.82, 2.24) is 0 Å². The lowest BCUT2D eigenvalue weighted by Gasteiger charge is -2.24. The zero-order chi connectivity index (χ0) is 10.4. The molecule has 0 amide bonds. The lowest BCUT2D eigenvalue weighted by atomic mass is 9.87. The van der Waals surface area contributed by atoms with E-state index in [0.29, 0.717) is 0 Å². The topological polar surface area (TPSA) is 29.5 Å². The fourth-order valence-corrected chi connectivity index (χ4v) is 3.39. The zero-order valence-electron chi connectivity index (χ0n) is 8.42. The van der Waals surface area contributed by atoms with Crippen molar-refractivity contribution in [2.75, 3.05) is 6.61 Å². The molecule has 15 heavy (non-hydrogen) atoms. The zero-order valence-corrected chi connectivity index (χ0v) is 10.0. The lowest BCUT2D eigenvalue weighted by molar-refractivity contribution is 0.155. The van der Waals surface area contributed by atoms with Gasteiger partial charge in [0.25, 0.3) is 0 Å². The van der Waals surface area contributed by atoms with Crippen molar-refractivity contribution in [1.29, 1.82) is 0 Å². The molecule has 3 rings (SSSR count). The van der Waals surface area contributed by atoms with E-state index in [-0.39, 0.29) is 6.10 Å². The van der Waals surface area contributed by atoms with E-state index in [0.717, 1.165) is 48.1 Å². The number of hydrogen-bond donors (Lipinski definition) is 1. The van der Waals surface area contributed by atoms with Gasteiger partial charge in [-0.05, 0) is 30.9 Å². The maximum atomic E-state index is 9.99. The van der Waals surface area contributed by atoms with Crippen molar-refractivity contribution in [2.24, 2.45) is 0 Å². The molecule has 2 nitrogen and oxygen atoms in total. The van der Waals surface area contributed by atoms with Crippen LogP contribution in [0.3, 0.4) is 0 Å². The third-order valence-corrected chi connectivity index (χ3v) is 3.96. The third kappa shape index (κ3) is 1.41. The van der Waals surface area contributed by atoms with Gasteiger partial charge in [0.1, 0.15) is 5.75 Å². The van der Waals surface area contributed by atoms with Crippen molar-refractivity contribution in [3.63, 3.8) is 0 Å². The highest BCUT2D eigenvalue weighted by Gasteiger charge is 2.28. The minimum atomic E-state index is -0.322. The van der Waals surface area contributed by atoms with E-state index in [9.17, 15) is 5.11 Å². The van der Waals surface area contributed by atoms with Crippen LogP contribution in [0.5, 0.6) is 5.75 Å². The van der Waals surface area contributed by atoms with Crippen LogP contribution in [0, 0.1) is 0 Å². The van der Waals surface area contributed by atoms with Crippen molar-refractivity contribution in [3.8, 4) is 5.75 Å². The molecule has 0 saturated heterocycles. The second-order valence-electron chi connectivity index (χ2n) is 4.25. The summed E-state index contributed by atoms with van der Waals surface area (Å²) in [4.78, 5) is 0. The predicted octanol–water partition coefficient (Wildman–Crippen LogP) is 2.75. The van der Waals surface area contributed by atoms with E-state index in [1.54, 1.807) is 0 Å². The Balaban J connectivity index is 2.24. The number of aliphatic hydroxyl groups excluding tert-OH is 1. The molecule has 0 spiro atoms. The summed E-state index contributed by atoms with van der Waals surface area (Å²) >= 11 is 3.56. The van der Waals surface area contributed by atoms with Gasteiger partial charge in [0, 0.05) is 22.0 Å². The van der Waals surface area contributed by atoms with Crippen LogP contribution >= 0.6 is 15.9 Å². The van der Waals surface area contributed by atoms with E-state index in [1.807, 2.05) is 0 Å². The Kier molecular flexibility index (Phi) is 2.25. The molecule has 1 aromatic rings. The first-order chi connectivity index (χ1) is 7.27. The van der Waals surface area contributed by atoms with Gasteiger partial charge in [0.2, 0.25) is 0 Å². The Morgan fingerprint density at radius 2 is 2.27 bits per heavy atom. The number of fused-ring (bicyclic) bond motifs is 3. The van der Waals surface area contributed by atoms with Gasteiger partial charge in [-0.15, -0.1) is 0 Å². The second kappa shape index (κ2) is 3.49. The van der Waals surface area contributed by atoms with Crippen LogP contribution in [-0.2, 0) is 12.8 Å². The number of rotatable bonds is 0. The Hall–Kier alpha value is -0.540. The molecule has 1 aromatic carbocycles. The van der Waals surface area contributed by atoms with Gasteiger partial charge in [0.15, 0.2) is 0 Å². The molecule has 0 unspecified atom stereocenters. The molecular formula is C12H13BrO2. The molecule has 1 N–H and O–H groups in total. The van der Waals surface area contributed by atoms with Gasteiger partial charge >= 0.3 is 0 Å². The predicted molar refractivity (Wildman–Crippen MR) is 61.2 cm³/mol. The Labute approximate surface area is 97.4 Å². The summed E-state index contributed by atoms with van der Waals surface area (Å²) in [6, 6.07) is 2.11. The molecule has 0 radical (unpaired) electrons. The number of halogens is 1. The number of ether oxygens (including phenoxy) is 1. The average Bonchev–Trinajstić information content (AvgIpc) is 2.65. The van der Waals surface area contributed by atoms with Crippen LogP contribution in [0.4, 0.5) is 0 Å². The van der Waals surface area contributed by atoms with Gasteiger partial charge in [0.05, 0.1) is 12.7 Å². The molecule has 1 aliphatic carbocycles. The molecule has 1 heterocycles. The molecule has 0 aromatic heterocycles. The van der Waals surface area contributed by atoms with Gasteiger partial charge in [-0.25, -0.2) is 0 Å². The molecule has 80 valence electrons. The SMILES string of the molecule is O[C@H]1CCCc2c3c(cc(Br)c21)CCO3. The van der Waals surface area contributed by atoms with Crippen LogP contribution in [-0.4, -0.2) is 11.7 Å². The molecule has 0 bridgehead atoms. The molecule has 1 atom stereocenters. The monoisotopic (exact) mass is 268 g/mol. The van der Waals surface area contributed by atoms with Crippen LogP contribution in [0.15, 0.2) is 10.5 Å².